The summed E-state index contributed by atoms with van der Waals surface area (Å²) in [7, 11) is 0. The normalized spacial score (nSPS) is 12.2. The van der Waals surface area contributed by atoms with Crippen molar-refractivity contribution in [1.29, 1.82) is 0 Å². The monoisotopic (exact) mass is 319 g/mol. The van der Waals surface area contributed by atoms with Crippen LogP contribution in [0, 0.1) is 23.0 Å². The van der Waals surface area contributed by atoms with Crippen molar-refractivity contribution in [2.75, 3.05) is 6.54 Å². The molecule has 1 aromatic carbocycles. The molecule has 0 heterocycles. The molecule has 0 aliphatic carbocycles. The van der Waals surface area contributed by atoms with E-state index in [1.165, 1.54) is 12.1 Å². The summed E-state index contributed by atoms with van der Waals surface area (Å²) in [6.07, 6.45) is 0. The summed E-state index contributed by atoms with van der Waals surface area (Å²) >= 11 is 3.07. The number of hydrogen-bond acceptors (Lipinski definition) is 1. The maximum Gasteiger partial charge on any atom is 0.144 e. The van der Waals surface area contributed by atoms with Gasteiger partial charge in [-0.1, -0.05) is 27.7 Å². The van der Waals surface area contributed by atoms with Gasteiger partial charge in [-0.3, -0.25) is 0 Å². The summed E-state index contributed by atoms with van der Waals surface area (Å²) < 4.78 is 27.5. The van der Waals surface area contributed by atoms with Gasteiger partial charge in [-0.05, 0) is 39.4 Å². The highest BCUT2D eigenvalue weighted by Crippen LogP contribution is 2.25. The Morgan fingerprint density at radius 2 is 1.89 bits per heavy atom. The molecule has 1 nitrogen and oxygen atoms in total. The lowest BCUT2D eigenvalue weighted by Gasteiger charge is -2.29. The van der Waals surface area contributed by atoms with Crippen LogP contribution >= 0.6 is 15.9 Å². The minimum atomic E-state index is -0.523. The number of benzene rings is 1. The Balaban J connectivity index is 2.68. The van der Waals surface area contributed by atoms with Crippen LogP contribution in [0.25, 0.3) is 0 Å². The Bertz CT molecular complexity index is 417. The molecule has 0 radical (unpaired) electrons. The first-order chi connectivity index (χ1) is 8.25. The highest BCUT2D eigenvalue weighted by Gasteiger charge is 2.22. The minimum Gasteiger partial charge on any atom is -0.312 e. The predicted molar refractivity (Wildman–Crippen MR) is 74.4 cm³/mol. The third-order valence-electron chi connectivity index (χ3n) is 3.58. The van der Waals surface area contributed by atoms with Crippen LogP contribution in [0.2, 0.25) is 0 Å². The van der Waals surface area contributed by atoms with E-state index in [1.54, 1.807) is 0 Å². The molecular weight excluding hydrogens is 300 g/mol. The molecule has 0 unspecified atom stereocenters. The lowest BCUT2D eigenvalue weighted by atomic mass is 9.81. The van der Waals surface area contributed by atoms with Crippen molar-refractivity contribution < 1.29 is 8.78 Å². The maximum absolute atomic E-state index is 13.7. The van der Waals surface area contributed by atoms with E-state index in [4.69, 9.17) is 0 Å². The molecule has 1 rings (SSSR count). The first kappa shape index (κ1) is 15.6. The fraction of sp³-hybridized carbons (Fsp3) is 0.571. The maximum atomic E-state index is 13.7. The molecule has 0 fully saturated rings. The van der Waals surface area contributed by atoms with E-state index in [-0.39, 0.29) is 17.5 Å². The number of halogens is 3. The van der Waals surface area contributed by atoms with Crippen LogP contribution in [-0.2, 0) is 6.54 Å². The van der Waals surface area contributed by atoms with Gasteiger partial charge in [0.05, 0.1) is 4.47 Å². The van der Waals surface area contributed by atoms with Gasteiger partial charge in [0.15, 0.2) is 0 Å². The summed E-state index contributed by atoms with van der Waals surface area (Å²) in [6, 6.07) is 2.66. The zero-order chi connectivity index (χ0) is 13.9. The minimum absolute atomic E-state index is 0.0870. The van der Waals surface area contributed by atoms with E-state index in [0.717, 1.165) is 6.54 Å². The molecule has 4 heteroatoms. The van der Waals surface area contributed by atoms with Gasteiger partial charge in [-0.2, -0.15) is 0 Å². The van der Waals surface area contributed by atoms with Crippen molar-refractivity contribution in [3.05, 3.63) is 33.8 Å². The molecule has 0 aliphatic heterocycles. The molecule has 0 atom stereocenters. The summed E-state index contributed by atoms with van der Waals surface area (Å²) in [5.74, 6) is -0.530. The first-order valence-electron chi connectivity index (χ1n) is 6.09. The summed E-state index contributed by atoms with van der Waals surface area (Å²) in [4.78, 5) is 0. The van der Waals surface area contributed by atoms with Crippen LogP contribution in [0.15, 0.2) is 16.6 Å². The van der Waals surface area contributed by atoms with Crippen LogP contribution in [-0.4, -0.2) is 6.54 Å². The van der Waals surface area contributed by atoms with Crippen LogP contribution in [0.1, 0.15) is 33.3 Å². The Morgan fingerprint density at radius 1 is 1.28 bits per heavy atom. The van der Waals surface area contributed by atoms with Gasteiger partial charge in [0.2, 0.25) is 0 Å². The number of rotatable bonds is 5. The third kappa shape index (κ3) is 3.75. The molecule has 0 amide bonds. The molecule has 0 bridgehead atoms. The summed E-state index contributed by atoms with van der Waals surface area (Å²) in [5, 5.41) is 3.13. The van der Waals surface area contributed by atoms with Gasteiger partial charge in [0.1, 0.15) is 11.6 Å². The summed E-state index contributed by atoms with van der Waals surface area (Å²) in [5.41, 5.74) is 0.183. The lowest BCUT2D eigenvalue weighted by Crippen LogP contribution is -2.33. The molecule has 0 saturated carbocycles. The second kappa shape index (κ2) is 6.11. The second-order valence-corrected chi connectivity index (χ2v) is 6.42. The summed E-state index contributed by atoms with van der Waals surface area (Å²) in [6.45, 7) is 9.48. The molecule has 1 aromatic rings. The zero-order valence-corrected chi connectivity index (χ0v) is 12.9. The topological polar surface area (TPSA) is 12.0 Å². The average Bonchev–Trinajstić information content (AvgIpc) is 2.28. The van der Waals surface area contributed by atoms with Crippen LogP contribution in [0.4, 0.5) is 8.78 Å². The van der Waals surface area contributed by atoms with Gasteiger partial charge in [-0.25, -0.2) is 8.78 Å². The molecule has 18 heavy (non-hydrogen) atoms. The number of nitrogens with one attached hydrogen (secondary N) is 1. The molecule has 1 N–H and O–H groups in total. The smallest absolute Gasteiger partial charge is 0.144 e. The van der Waals surface area contributed by atoms with E-state index >= 15 is 0 Å². The third-order valence-corrected chi connectivity index (χ3v) is 4.20. The van der Waals surface area contributed by atoms with E-state index < -0.39 is 11.6 Å². The molecule has 0 aliphatic rings. The Kier molecular flexibility index (Phi) is 5.29. The molecular formula is C14H20BrF2N. The van der Waals surface area contributed by atoms with E-state index in [0.29, 0.717) is 10.4 Å². The van der Waals surface area contributed by atoms with Gasteiger partial charge < -0.3 is 5.32 Å². The predicted octanol–water partition coefficient (Wildman–Crippen LogP) is 4.50. The molecule has 0 saturated heterocycles. The fourth-order valence-electron chi connectivity index (χ4n) is 1.44. The van der Waals surface area contributed by atoms with Gasteiger partial charge in [-0.15, -0.1) is 0 Å². The van der Waals surface area contributed by atoms with Crippen molar-refractivity contribution in [1.82, 2.24) is 5.32 Å². The van der Waals surface area contributed by atoms with Crippen LogP contribution < -0.4 is 5.32 Å². The second-order valence-electron chi connectivity index (χ2n) is 5.57. The fourth-order valence-corrected chi connectivity index (χ4v) is 1.82. The highest BCUT2D eigenvalue weighted by molar-refractivity contribution is 9.10. The standard InChI is InChI=1S/C14H20BrF2N/c1-9(2)14(3,4)8-18-7-10-12(16)6-5-11(15)13(10)17/h5-6,9,18H,7-8H2,1-4H3. The van der Waals surface area contributed by atoms with Crippen molar-refractivity contribution in [2.24, 2.45) is 11.3 Å². The molecule has 0 spiro atoms. The SMILES string of the molecule is CC(C)C(C)(C)CNCc1c(F)ccc(Br)c1F. The van der Waals surface area contributed by atoms with Crippen molar-refractivity contribution >= 4 is 15.9 Å². The average molecular weight is 320 g/mol. The van der Waals surface area contributed by atoms with Crippen molar-refractivity contribution in [3.8, 4) is 0 Å². The van der Waals surface area contributed by atoms with Crippen molar-refractivity contribution in [2.45, 2.75) is 34.2 Å². The zero-order valence-electron chi connectivity index (χ0n) is 11.3. The molecule has 0 aromatic heterocycles. The highest BCUT2D eigenvalue weighted by atomic mass is 79.9. The largest absolute Gasteiger partial charge is 0.312 e. The van der Waals surface area contributed by atoms with Crippen molar-refractivity contribution in [3.63, 3.8) is 0 Å². The Morgan fingerprint density at radius 3 is 2.44 bits per heavy atom. The number of hydrogen-bond donors (Lipinski definition) is 1. The lowest BCUT2D eigenvalue weighted by molar-refractivity contribution is 0.237. The van der Waals surface area contributed by atoms with Gasteiger partial charge in [0.25, 0.3) is 0 Å². The Hall–Kier alpha value is -0.480. The van der Waals surface area contributed by atoms with E-state index in [1.807, 2.05) is 0 Å². The van der Waals surface area contributed by atoms with E-state index in [2.05, 4.69) is 48.9 Å². The van der Waals surface area contributed by atoms with E-state index in [9.17, 15) is 8.78 Å². The quantitative estimate of drug-likeness (QED) is 0.788. The molecule has 102 valence electrons. The first-order valence-corrected chi connectivity index (χ1v) is 6.88. The van der Waals surface area contributed by atoms with Gasteiger partial charge in [0, 0.05) is 18.7 Å². The van der Waals surface area contributed by atoms with Crippen LogP contribution in [0.3, 0.4) is 0 Å². The van der Waals surface area contributed by atoms with Gasteiger partial charge >= 0.3 is 0 Å². The Labute approximate surface area is 116 Å². The van der Waals surface area contributed by atoms with Crippen LogP contribution in [0.5, 0.6) is 0 Å².